The Morgan fingerprint density at radius 3 is 2.77 bits per heavy atom. The molecule has 1 rings (SSSR count). The van der Waals surface area contributed by atoms with Gasteiger partial charge in [0.2, 0.25) is 5.91 Å². The maximum atomic E-state index is 11.9. The van der Waals surface area contributed by atoms with Crippen molar-refractivity contribution in [1.29, 1.82) is 0 Å². The monoisotopic (exact) mass is 305 g/mol. The molecule has 22 heavy (non-hydrogen) atoms. The van der Waals surface area contributed by atoms with Gasteiger partial charge in [0.25, 0.3) is 0 Å². The highest BCUT2D eigenvalue weighted by Crippen LogP contribution is 2.26. The number of nitrogens with one attached hydrogen (secondary N) is 1. The van der Waals surface area contributed by atoms with Crippen molar-refractivity contribution >= 4 is 5.91 Å². The molecule has 1 atom stereocenters. The van der Waals surface area contributed by atoms with Crippen LogP contribution in [0.3, 0.4) is 0 Å². The lowest BCUT2D eigenvalue weighted by Crippen LogP contribution is -2.24. The predicted octanol–water partition coefficient (Wildman–Crippen LogP) is 3.79. The molecule has 0 fully saturated rings. The fourth-order valence-electron chi connectivity index (χ4n) is 2.18. The van der Waals surface area contributed by atoms with Crippen LogP contribution in [0.15, 0.2) is 29.8 Å². The molecule has 1 aromatic carbocycles. The van der Waals surface area contributed by atoms with E-state index in [1.54, 1.807) is 18.2 Å². The molecule has 0 radical (unpaired) electrons. The van der Waals surface area contributed by atoms with Gasteiger partial charge in [0.05, 0.1) is 7.11 Å². The third-order valence-corrected chi connectivity index (χ3v) is 3.48. The Hall–Kier alpha value is -1.97. The smallest absolute Gasteiger partial charge is 0.220 e. The number of phenols is 1. The van der Waals surface area contributed by atoms with E-state index in [4.69, 9.17) is 4.74 Å². The zero-order valence-electron chi connectivity index (χ0n) is 14.0. The summed E-state index contributed by atoms with van der Waals surface area (Å²) in [6.07, 6.45) is 4.78. The van der Waals surface area contributed by atoms with Gasteiger partial charge < -0.3 is 15.2 Å². The normalized spacial score (nSPS) is 11.6. The Balaban J connectivity index is 2.38. The van der Waals surface area contributed by atoms with Gasteiger partial charge >= 0.3 is 0 Å². The Morgan fingerprint density at radius 1 is 1.41 bits per heavy atom. The predicted molar refractivity (Wildman–Crippen MR) is 89.0 cm³/mol. The summed E-state index contributed by atoms with van der Waals surface area (Å²) in [4.78, 5) is 11.9. The molecule has 1 amide bonds. The van der Waals surface area contributed by atoms with E-state index in [1.807, 2.05) is 0 Å². The molecule has 0 spiro atoms. The van der Waals surface area contributed by atoms with Crippen molar-refractivity contribution in [3.8, 4) is 11.5 Å². The second-order valence-electron chi connectivity index (χ2n) is 5.95. The first-order valence-electron chi connectivity index (χ1n) is 7.68. The minimum absolute atomic E-state index is 0.0525. The van der Waals surface area contributed by atoms with Crippen molar-refractivity contribution in [2.75, 3.05) is 7.11 Å². The maximum absolute atomic E-state index is 11.9. The van der Waals surface area contributed by atoms with Crippen molar-refractivity contribution in [3.05, 3.63) is 35.4 Å². The number of amides is 1. The van der Waals surface area contributed by atoms with Crippen molar-refractivity contribution in [1.82, 2.24) is 5.32 Å². The second kappa shape index (κ2) is 9.13. The Kier molecular flexibility index (Phi) is 7.50. The topological polar surface area (TPSA) is 58.6 Å². The number of phenolic OH excluding ortho intramolecular Hbond substituents is 1. The van der Waals surface area contributed by atoms with E-state index in [0.29, 0.717) is 24.6 Å². The van der Waals surface area contributed by atoms with E-state index in [9.17, 15) is 9.90 Å². The zero-order valence-corrected chi connectivity index (χ0v) is 14.0. The number of methoxy groups -OCH3 is 1. The summed E-state index contributed by atoms with van der Waals surface area (Å²) in [6, 6.07) is 5.08. The molecule has 2 N–H and O–H groups in total. The first-order valence-corrected chi connectivity index (χ1v) is 7.68. The van der Waals surface area contributed by atoms with Gasteiger partial charge in [0.1, 0.15) is 0 Å². The van der Waals surface area contributed by atoms with Gasteiger partial charge in [0, 0.05) is 13.0 Å². The van der Waals surface area contributed by atoms with Gasteiger partial charge in [-0.1, -0.05) is 24.6 Å². The van der Waals surface area contributed by atoms with E-state index >= 15 is 0 Å². The van der Waals surface area contributed by atoms with Crippen LogP contribution in [0.1, 0.15) is 45.6 Å². The number of ether oxygens (including phenoxy) is 1. The van der Waals surface area contributed by atoms with Crippen molar-refractivity contribution in [2.24, 2.45) is 5.92 Å². The van der Waals surface area contributed by atoms with Gasteiger partial charge in [-0.2, -0.15) is 0 Å². The minimum Gasteiger partial charge on any atom is -0.504 e. The highest BCUT2D eigenvalue weighted by Gasteiger charge is 2.09. The van der Waals surface area contributed by atoms with Gasteiger partial charge in [-0.3, -0.25) is 4.79 Å². The molecule has 4 heteroatoms. The van der Waals surface area contributed by atoms with E-state index in [-0.39, 0.29) is 11.7 Å². The molecular weight excluding hydrogens is 278 g/mol. The van der Waals surface area contributed by atoms with Crippen LogP contribution in [-0.4, -0.2) is 18.1 Å². The Morgan fingerprint density at radius 2 is 2.14 bits per heavy atom. The van der Waals surface area contributed by atoms with Crippen LogP contribution >= 0.6 is 0 Å². The Labute approximate surface area is 133 Å². The van der Waals surface area contributed by atoms with Gasteiger partial charge in [-0.25, -0.2) is 0 Å². The molecule has 4 nitrogen and oxygen atoms in total. The number of allylic oxidation sites excluding steroid dienone is 2. The summed E-state index contributed by atoms with van der Waals surface area (Å²) >= 11 is 0. The molecule has 122 valence electrons. The van der Waals surface area contributed by atoms with Gasteiger partial charge in [0.15, 0.2) is 11.5 Å². The summed E-state index contributed by atoms with van der Waals surface area (Å²) in [5.41, 5.74) is 2.22. The second-order valence-corrected chi connectivity index (χ2v) is 5.95. The molecule has 0 heterocycles. The van der Waals surface area contributed by atoms with Crippen molar-refractivity contribution in [3.63, 3.8) is 0 Å². The van der Waals surface area contributed by atoms with Crippen LogP contribution in [0.5, 0.6) is 11.5 Å². The summed E-state index contributed by atoms with van der Waals surface area (Å²) in [5.74, 6) is 0.939. The zero-order chi connectivity index (χ0) is 16.5. The lowest BCUT2D eigenvalue weighted by Gasteiger charge is -2.11. The van der Waals surface area contributed by atoms with E-state index < -0.39 is 0 Å². The molecule has 1 unspecified atom stereocenters. The van der Waals surface area contributed by atoms with E-state index in [1.165, 1.54) is 12.7 Å². The van der Waals surface area contributed by atoms with Crippen molar-refractivity contribution in [2.45, 2.75) is 46.6 Å². The Bertz CT molecular complexity index is 519. The number of hydrogen-bond acceptors (Lipinski definition) is 3. The SMILES string of the molecule is COc1cc(CNC(=O)CC(C)CCC=C(C)C)ccc1O. The lowest BCUT2D eigenvalue weighted by molar-refractivity contribution is -0.122. The summed E-state index contributed by atoms with van der Waals surface area (Å²) in [5, 5.41) is 12.4. The maximum Gasteiger partial charge on any atom is 0.220 e. The molecule has 0 aliphatic rings. The average Bonchev–Trinajstić information content (AvgIpc) is 2.46. The number of aromatic hydroxyl groups is 1. The molecule has 0 aromatic heterocycles. The van der Waals surface area contributed by atoms with Gasteiger partial charge in [-0.05, 0) is 50.3 Å². The molecule has 0 bridgehead atoms. The highest BCUT2D eigenvalue weighted by molar-refractivity contribution is 5.76. The third kappa shape index (κ3) is 6.66. The molecule has 0 saturated heterocycles. The van der Waals surface area contributed by atoms with Crippen LogP contribution < -0.4 is 10.1 Å². The van der Waals surface area contributed by atoms with Gasteiger partial charge in [-0.15, -0.1) is 0 Å². The number of carbonyl (C=O) groups is 1. The molecule has 0 saturated carbocycles. The quantitative estimate of drug-likeness (QED) is 0.718. The van der Waals surface area contributed by atoms with E-state index in [2.05, 4.69) is 32.2 Å². The number of carbonyl (C=O) groups excluding carboxylic acids is 1. The van der Waals surface area contributed by atoms with Crippen LogP contribution in [0.25, 0.3) is 0 Å². The molecule has 1 aromatic rings. The fraction of sp³-hybridized carbons (Fsp3) is 0.500. The first-order chi connectivity index (χ1) is 10.4. The van der Waals surface area contributed by atoms with Crippen LogP contribution in [0.4, 0.5) is 0 Å². The fourth-order valence-corrected chi connectivity index (χ4v) is 2.18. The largest absolute Gasteiger partial charge is 0.504 e. The van der Waals surface area contributed by atoms with Crippen LogP contribution in [0, 0.1) is 5.92 Å². The third-order valence-electron chi connectivity index (χ3n) is 3.48. The molecular formula is C18H27NO3. The molecule has 0 aliphatic carbocycles. The minimum atomic E-state index is 0.0525. The molecule has 0 aliphatic heterocycles. The lowest BCUT2D eigenvalue weighted by atomic mass is 10.0. The highest BCUT2D eigenvalue weighted by atomic mass is 16.5. The number of hydrogen-bond donors (Lipinski definition) is 2. The van der Waals surface area contributed by atoms with E-state index in [0.717, 1.165) is 18.4 Å². The summed E-state index contributed by atoms with van der Waals surface area (Å²) in [7, 11) is 1.51. The van der Waals surface area contributed by atoms with Crippen molar-refractivity contribution < 1.29 is 14.6 Å². The number of rotatable bonds is 8. The van der Waals surface area contributed by atoms with Crippen LogP contribution in [-0.2, 0) is 11.3 Å². The number of benzene rings is 1. The summed E-state index contributed by atoms with van der Waals surface area (Å²) < 4.78 is 5.05. The summed E-state index contributed by atoms with van der Waals surface area (Å²) in [6.45, 7) is 6.71. The average molecular weight is 305 g/mol. The first kappa shape index (κ1) is 18.1. The van der Waals surface area contributed by atoms with Crippen LogP contribution in [0.2, 0.25) is 0 Å². The standard InChI is InChI=1S/C18H27NO3/c1-13(2)6-5-7-14(3)10-18(21)19-12-15-8-9-16(20)17(11-15)22-4/h6,8-9,11,14,20H,5,7,10,12H2,1-4H3,(H,19,21).